The second kappa shape index (κ2) is 12.3. The lowest BCUT2D eigenvalue weighted by molar-refractivity contribution is -0.146. The smallest absolute Gasteiger partial charge is 0.326 e. The van der Waals surface area contributed by atoms with E-state index in [-0.39, 0.29) is 37.0 Å². The van der Waals surface area contributed by atoms with Crippen LogP contribution in [0, 0.1) is 5.92 Å². The monoisotopic (exact) mass is 533 g/mol. The van der Waals surface area contributed by atoms with Crippen molar-refractivity contribution < 1.29 is 27.9 Å². The van der Waals surface area contributed by atoms with Gasteiger partial charge >= 0.3 is 5.97 Å². The summed E-state index contributed by atoms with van der Waals surface area (Å²) in [5.41, 5.74) is 2.76. The quantitative estimate of drug-likeness (QED) is 0.307. The summed E-state index contributed by atoms with van der Waals surface area (Å²) < 4.78 is 23.1. The number of imidazole rings is 1. The molecule has 1 aromatic heterocycles. The Kier molecular flexibility index (Phi) is 9.44. The number of nitrogens with one attached hydrogen (secondary N) is 3. The van der Waals surface area contributed by atoms with Gasteiger partial charge in [-0.1, -0.05) is 38.1 Å². The normalized spacial score (nSPS) is 17.2. The van der Waals surface area contributed by atoms with Crippen LogP contribution in [0.25, 0.3) is 0 Å². The lowest BCUT2D eigenvalue weighted by Crippen LogP contribution is -2.59. The Morgan fingerprint density at radius 3 is 2.51 bits per heavy atom. The number of carboxylic acids is 1. The van der Waals surface area contributed by atoms with Gasteiger partial charge in [-0.3, -0.25) is 9.59 Å². The highest BCUT2D eigenvalue weighted by molar-refractivity contribution is 7.90. The fourth-order valence-electron chi connectivity index (χ4n) is 4.42. The van der Waals surface area contributed by atoms with Gasteiger partial charge in [0.2, 0.25) is 11.8 Å². The minimum Gasteiger partial charge on any atom is -0.480 e. The van der Waals surface area contributed by atoms with Gasteiger partial charge in [-0.05, 0) is 23.5 Å². The molecule has 0 bridgehead atoms. The molecule has 202 valence electrons. The number of fused-ring (bicyclic) bond motifs is 1. The Hall–Kier alpha value is -3.25. The zero-order chi connectivity index (χ0) is 27.2. The van der Waals surface area contributed by atoms with Crippen molar-refractivity contribution in [1.82, 2.24) is 25.5 Å². The van der Waals surface area contributed by atoms with E-state index in [0.29, 0.717) is 13.0 Å². The fourth-order valence-corrected chi connectivity index (χ4v) is 5.08. The molecule has 0 saturated heterocycles. The number of aromatic nitrogens is 2. The molecule has 4 N–H and O–H groups in total. The molecule has 2 aromatic rings. The van der Waals surface area contributed by atoms with Gasteiger partial charge in [0.05, 0.1) is 18.1 Å². The van der Waals surface area contributed by atoms with Crippen LogP contribution in [0.2, 0.25) is 0 Å². The summed E-state index contributed by atoms with van der Waals surface area (Å²) in [4.78, 5) is 47.5. The first kappa shape index (κ1) is 28.3. The summed E-state index contributed by atoms with van der Waals surface area (Å²) >= 11 is 0. The zero-order valence-corrected chi connectivity index (χ0v) is 22.1. The van der Waals surface area contributed by atoms with Crippen molar-refractivity contribution in [2.24, 2.45) is 5.92 Å². The van der Waals surface area contributed by atoms with Crippen molar-refractivity contribution in [2.75, 3.05) is 18.6 Å². The van der Waals surface area contributed by atoms with Crippen molar-refractivity contribution >= 4 is 27.6 Å². The highest BCUT2D eigenvalue weighted by Gasteiger charge is 2.39. The maximum Gasteiger partial charge on any atom is 0.326 e. The lowest BCUT2D eigenvalue weighted by atomic mass is 9.91. The van der Waals surface area contributed by atoms with Crippen molar-refractivity contribution in [1.29, 1.82) is 0 Å². The summed E-state index contributed by atoms with van der Waals surface area (Å²) in [7, 11) is -3.42. The van der Waals surface area contributed by atoms with Gasteiger partial charge in [-0.15, -0.1) is 0 Å². The van der Waals surface area contributed by atoms with Crippen molar-refractivity contribution in [2.45, 2.75) is 57.8 Å². The highest BCUT2D eigenvalue weighted by atomic mass is 32.2. The van der Waals surface area contributed by atoms with Gasteiger partial charge in [0.15, 0.2) is 0 Å². The Balaban J connectivity index is 1.80. The summed E-state index contributed by atoms with van der Waals surface area (Å²) in [6.07, 6.45) is 4.93. The van der Waals surface area contributed by atoms with Crippen molar-refractivity contribution in [3.8, 4) is 0 Å². The standard InChI is InChI=1S/C25H35N5O6S/c1-16(2)22(27-10-8-19-13-26-15-28-19)24(32)30-14-18-7-5-4-6-17(18)12-21(30)23(31)29-20(25(33)34)9-11-37(3,35)36/h4-7,13,15-16,20-22,27H,8-12,14H2,1-3H3,(H,26,28)(H,29,31)(H,33,34)/t20-,21-,22?/m0/s1. The molecule has 11 nitrogen and oxygen atoms in total. The predicted molar refractivity (Wildman–Crippen MR) is 137 cm³/mol. The second-order valence-electron chi connectivity index (χ2n) is 9.78. The van der Waals surface area contributed by atoms with E-state index >= 15 is 0 Å². The topological polar surface area (TPSA) is 162 Å². The van der Waals surface area contributed by atoms with Gasteiger partial charge in [0, 0.05) is 44.1 Å². The summed E-state index contributed by atoms with van der Waals surface area (Å²) in [5.74, 6) is -2.65. The molecule has 1 aliphatic rings. The molecule has 0 saturated carbocycles. The van der Waals surface area contributed by atoms with Crippen LogP contribution in [0.5, 0.6) is 0 Å². The number of hydrogen-bond donors (Lipinski definition) is 4. The van der Waals surface area contributed by atoms with E-state index in [4.69, 9.17) is 0 Å². The number of rotatable bonds is 12. The predicted octanol–water partition coefficient (Wildman–Crippen LogP) is 0.524. The molecule has 1 aliphatic heterocycles. The van der Waals surface area contributed by atoms with E-state index in [9.17, 15) is 27.9 Å². The van der Waals surface area contributed by atoms with Crippen LogP contribution in [-0.4, -0.2) is 82.9 Å². The Bertz CT molecular complexity index is 1200. The van der Waals surface area contributed by atoms with Crippen molar-refractivity contribution in [3.63, 3.8) is 0 Å². The third-order valence-electron chi connectivity index (χ3n) is 6.47. The number of sulfone groups is 1. The minimum absolute atomic E-state index is 0.0725. The van der Waals surface area contributed by atoms with Crippen LogP contribution in [0.15, 0.2) is 36.8 Å². The maximum atomic E-state index is 13.8. The van der Waals surface area contributed by atoms with Gasteiger partial charge in [0.1, 0.15) is 21.9 Å². The highest BCUT2D eigenvalue weighted by Crippen LogP contribution is 2.25. The number of benzene rings is 1. The van der Waals surface area contributed by atoms with E-state index in [1.165, 1.54) is 4.90 Å². The van der Waals surface area contributed by atoms with E-state index in [2.05, 4.69) is 20.6 Å². The maximum absolute atomic E-state index is 13.8. The van der Waals surface area contributed by atoms with E-state index in [0.717, 1.165) is 23.1 Å². The average Bonchev–Trinajstić information content (AvgIpc) is 3.35. The van der Waals surface area contributed by atoms with Crippen LogP contribution in [0.1, 0.15) is 37.1 Å². The number of nitrogens with zero attached hydrogens (tertiary/aromatic N) is 2. The third kappa shape index (κ3) is 7.86. The van der Waals surface area contributed by atoms with Gasteiger partial charge in [-0.25, -0.2) is 18.2 Å². The molecule has 0 fully saturated rings. The van der Waals surface area contributed by atoms with Crippen LogP contribution < -0.4 is 10.6 Å². The number of carbonyl (C=O) groups excluding carboxylic acids is 2. The first-order valence-corrected chi connectivity index (χ1v) is 14.3. The van der Waals surface area contributed by atoms with Gasteiger partial charge < -0.3 is 25.6 Å². The van der Waals surface area contributed by atoms with Crippen molar-refractivity contribution in [3.05, 3.63) is 53.6 Å². The molecule has 1 aromatic carbocycles. The Morgan fingerprint density at radius 2 is 1.92 bits per heavy atom. The Labute approximate surface area is 217 Å². The molecule has 2 heterocycles. The molecule has 37 heavy (non-hydrogen) atoms. The van der Waals surface area contributed by atoms with Gasteiger partial charge in [0.25, 0.3) is 0 Å². The Morgan fingerprint density at radius 1 is 1.22 bits per heavy atom. The summed E-state index contributed by atoms with van der Waals surface area (Å²) in [5, 5.41) is 15.4. The van der Waals surface area contributed by atoms with Crippen LogP contribution in [-0.2, 0) is 43.6 Å². The molecule has 2 amide bonds. The van der Waals surface area contributed by atoms with E-state index < -0.39 is 39.8 Å². The third-order valence-corrected chi connectivity index (χ3v) is 7.45. The number of aromatic amines is 1. The number of hydrogen-bond acceptors (Lipinski definition) is 7. The lowest BCUT2D eigenvalue weighted by Gasteiger charge is -2.39. The molecule has 12 heteroatoms. The molecule has 0 radical (unpaired) electrons. The molecular formula is C25H35N5O6S. The summed E-state index contributed by atoms with van der Waals surface area (Å²) in [6.45, 7) is 4.57. The number of H-pyrrole nitrogens is 1. The molecule has 0 spiro atoms. The second-order valence-corrected chi connectivity index (χ2v) is 12.0. The molecule has 3 rings (SSSR count). The fraction of sp³-hybridized carbons (Fsp3) is 0.520. The van der Waals surface area contributed by atoms with Crippen LogP contribution >= 0.6 is 0 Å². The van der Waals surface area contributed by atoms with E-state index in [1.54, 1.807) is 12.5 Å². The first-order chi connectivity index (χ1) is 17.5. The number of amides is 2. The van der Waals surface area contributed by atoms with Gasteiger partial charge in [-0.2, -0.15) is 0 Å². The SMILES string of the molecule is CC(C)C(NCCc1cnc[nH]1)C(=O)N1Cc2ccccc2C[C@H]1C(=O)N[C@@H](CCS(C)(=O)=O)C(=O)O. The number of carbonyl (C=O) groups is 3. The largest absolute Gasteiger partial charge is 0.480 e. The first-order valence-electron chi connectivity index (χ1n) is 12.2. The zero-order valence-electron chi connectivity index (χ0n) is 21.3. The van der Waals surface area contributed by atoms with E-state index in [1.807, 2.05) is 38.1 Å². The molecule has 1 unspecified atom stereocenters. The number of carboxylic acid groups (broad SMARTS) is 1. The minimum atomic E-state index is -3.42. The number of aliphatic carboxylic acids is 1. The van der Waals surface area contributed by atoms with Crippen LogP contribution in [0.3, 0.4) is 0 Å². The summed E-state index contributed by atoms with van der Waals surface area (Å²) in [6, 6.07) is 4.64. The molecular weight excluding hydrogens is 498 g/mol. The average molecular weight is 534 g/mol. The molecule has 3 atom stereocenters. The molecule has 0 aliphatic carbocycles. The van der Waals surface area contributed by atoms with Crippen LogP contribution in [0.4, 0.5) is 0 Å².